The lowest BCUT2D eigenvalue weighted by atomic mass is 10.2. The predicted octanol–water partition coefficient (Wildman–Crippen LogP) is 2.56. The lowest BCUT2D eigenvalue weighted by molar-refractivity contribution is 0.0526. The minimum Gasteiger partial charge on any atom is -0.462 e. The summed E-state index contributed by atoms with van der Waals surface area (Å²) < 4.78 is 30.6. The van der Waals surface area contributed by atoms with Crippen molar-refractivity contribution >= 4 is 43.3 Å². The van der Waals surface area contributed by atoms with E-state index in [9.17, 15) is 18.0 Å². The Bertz CT molecular complexity index is 1240. The van der Waals surface area contributed by atoms with E-state index in [0.29, 0.717) is 17.0 Å². The molecule has 9 heteroatoms. The largest absolute Gasteiger partial charge is 0.462 e. The number of nitrogens with zero attached hydrogens (tertiary/aromatic N) is 2. The topological polar surface area (TPSA) is 94.8 Å². The molecule has 0 fully saturated rings. The van der Waals surface area contributed by atoms with E-state index in [4.69, 9.17) is 4.74 Å². The molecule has 146 valence electrons. The molecule has 0 saturated carbocycles. The molecule has 0 radical (unpaired) electrons. The Hall–Kier alpha value is -2.78. The lowest BCUT2D eigenvalue weighted by Gasteiger charge is -2.01. The summed E-state index contributed by atoms with van der Waals surface area (Å²) in [5.74, 6) is -0.881. The highest BCUT2D eigenvalue weighted by Gasteiger charge is 2.12. The number of hydrogen-bond acceptors (Lipinski definition) is 6. The summed E-state index contributed by atoms with van der Waals surface area (Å²) in [5.41, 5.74) is 1.56. The lowest BCUT2D eigenvalue weighted by Crippen LogP contribution is -2.13. The number of sulfone groups is 1. The van der Waals surface area contributed by atoms with Gasteiger partial charge in [-0.05, 0) is 49.4 Å². The third-order valence-electron chi connectivity index (χ3n) is 4.05. The van der Waals surface area contributed by atoms with Crippen LogP contribution in [-0.4, -0.2) is 37.7 Å². The third kappa shape index (κ3) is 4.05. The van der Waals surface area contributed by atoms with Crippen LogP contribution in [0.15, 0.2) is 52.4 Å². The van der Waals surface area contributed by atoms with E-state index in [0.717, 1.165) is 16.5 Å². The predicted molar refractivity (Wildman–Crippen MR) is 106 cm³/mol. The monoisotopic (exact) mass is 418 g/mol. The summed E-state index contributed by atoms with van der Waals surface area (Å²) in [5, 5.41) is 0. The van der Waals surface area contributed by atoms with Gasteiger partial charge in [0.05, 0.1) is 27.3 Å². The van der Waals surface area contributed by atoms with Gasteiger partial charge in [0.25, 0.3) is 5.91 Å². The standard InChI is InChI=1S/C19H18N2O5S2/c1-4-26-18(23)13-7-10-15-16(11-13)27-19(21(15)2)20-17(22)12-5-8-14(9-6-12)28(3,24)25/h5-11H,4H2,1-3H3. The Morgan fingerprint density at radius 3 is 2.36 bits per heavy atom. The molecule has 0 unspecified atom stereocenters. The highest BCUT2D eigenvalue weighted by molar-refractivity contribution is 7.90. The van der Waals surface area contributed by atoms with Gasteiger partial charge in [-0.15, -0.1) is 0 Å². The van der Waals surface area contributed by atoms with E-state index in [1.54, 1.807) is 36.7 Å². The van der Waals surface area contributed by atoms with Crippen molar-refractivity contribution in [1.82, 2.24) is 4.57 Å². The quantitative estimate of drug-likeness (QED) is 0.607. The Kier molecular flexibility index (Phi) is 5.48. The molecule has 0 saturated heterocycles. The zero-order chi connectivity index (χ0) is 20.5. The number of aromatic nitrogens is 1. The zero-order valence-electron chi connectivity index (χ0n) is 15.5. The van der Waals surface area contributed by atoms with Crippen molar-refractivity contribution in [2.24, 2.45) is 12.0 Å². The van der Waals surface area contributed by atoms with E-state index >= 15 is 0 Å². The van der Waals surface area contributed by atoms with Crippen LogP contribution in [0.2, 0.25) is 0 Å². The third-order valence-corrected chi connectivity index (χ3v) is 6.27. The molecule has 2 aromatic carbocycles. The molecule has 0 aliphatic rings. The van der Waals surface area contributed by atoms with Gasteiger partial charge in [-0.25, -0.2) is 13.2 Å². The van der Waals surface area contributed by atoms with Gasteiger partial charge in [-0.3, -0.25) is 4.79 Å². The first-order valence-electron chi connectivity index (χ1n) is 8.36. The Balaban J connectivity index is 1.98. The normalized spacial score (nSPS) is 12.3. The SMILES string of the molecule is CCOC(=O)c1ccc2c(c1)sc(=NC(=O)c1ccc(S(C)(=O)=O)cc1)n2C. The number of ether oxygens (including phenoxy) is 1. The van der Waals surface area contributed by atoms with Gasteiger partial charge in [0, 0.05) is 18.9 Å². The molecule has 0 atom stereocenters. The second-order valence-electron chi connectivity index (χ2n) is 6.06. The van der Waals surface area contributed by atoms with Crippen molar-refractivity contribution in [2.45, 2.75) is 11.8 Å². The van der Waals surface area contributed by atoms with E-state index in [-0.39, 0.29) is 10.5 Å². The van der Waals surface area contributed by atoms with E-state index in [2.05, 4.69) is 4.99 Å². The van der Waals surface area contributed by atoms with Crippen LogP contribution in [0.1, 0.15) is 27.6 Å². The maximum absolute atomic E-state index is 12.5. The second kappa shape index (κ2) is 7.69. The fourth-order valence-corrected chi connectivity index (χ4v) is 4.26. The summed E-state index contributed by atoms with van der Waals surface area (Å²) in [4.78, 5) is 29.1. The first-order valence-corrected chi connectivity index (χ1v) is 11.1. The molecule has 3 aromatic rings. The number of fused-ring (bicyclic) bond motifs is 1. The maximum atomic E-state index is 12.5. The van der Waals surface area contributed by atoms with E-state index < -0.39 is 21.7 Å². The number of carbonyl (C=O) groups is 2. The van der Waals surface area contributed by atoms with Crippen molar-refractivity contribution in [1.29, 1.82) is 0 Å². The van der Waals surface area contributed by atoms with Gasteiger partial charge >= 0.3 is 5.97 Å². The van der Waals surface area contributed by atoms with Gasteiger partial charge in [0.15, 0.2) is 14.6 Å². The fourth-order valence-electron chi connectivity index (χ4n) is 2.58. The van der Waals surface area contributed by atoms with Crippen LogP contribution >= 0.6 is 11.3 Å². The van der Waals surface area contributed by atoms with Gasteiger partial charge in [-0.2, -0.15) is 4.99 Å². The summed E-state index contributed by atoms with van der Waals surface area (Å²) >= 11 is 1.28. The number of hydrogen-bond donors (Lipinski definition) is 0. The van der Waals surface area contributed by atoms with Crippen molar-refractivity contribution in [3.8, 4) is 0 Å². The van der Waals surface area contributed by atoms with Gasteiger partial charge < -0.3 is 9.30 Å². The minimum absolute atomic E-state index is 0.142. The Morgan fingerprint density at radius 1 is 1.11 bits per heavy atom. The fraction of sp³-hybridized carbons (Fsp3) is 0.211. The first-order chi connectivity index (χ1) is 13.2. The molecule has 0 aliphatic carbocycles. The average molecular weight is 418 g/mol. The number of amides is 1. The van der Waals surface area contributed by atoms with E-state index in [1.807, 2.05) is 0 Å². The molecule has 1 amide bonds. The molecule has 28 heavy (non-hydrogen) atoms. The number of benzene rings is 2. The van der Waals surface area contributed by atoms with Gasteiger partial charge in [0.1, 0.15) is 0 Å². The molecule has 3 rings (SSSR count). The van der Waals surface area contributed by atoms with Crippen molar-refractivity contribution in [3.05, 3.63) is 58.4 Å². The number of thiazole rings is 1. The first kappa shape index (κ1) is 20.0. The minimum atomic E-state index is -3.33. The molecular weight excluding hydrogens is 400 g/mol. The van der Waals surface area contributed by atoms with Crippen molar-refractivity contribution in [2.75, 3.05) is 12.9 Å². The van der Waals surface area contributed by atoms with Crippen molar-refractivity contribution < 1.29 is 22.7 Å². The van der Waals surface area contributed by atoms with Crippen LogP contribution in [0.4, 0.5) is 0 Å². The number of carbonyl (C=O) groups excluding carboxylic acids is 2. The van der Waals surface area contributed by atoms with Crippen LogP contribution in [0, 0.1) is 0 Å². The summed E-state index contributed by atoms with van der Waals surface area (Å²) in [6.07, 6.45) is 1.11. The highest BCUT2D eigenvalue weighted by atomic mass is 32.2. The number of rotatable bonds is 4. The molecule has 1 aromatic heterocycles. The summed E-state index contributed by atoms with van der Waals surface area (Å²) in [7, 11) is -1.55. The number of aryl methyl sites for hydroxylation is 1. The van der Waals surface area contributed by atoms with Crippen LogP contribution in [0.5, 0.6) is 0 Å². The molecule has 0 bridgehead atoms. The molecular formula is C19H18N2O5S2. The Morgan fingerprint density at radius 2 is 1.75 bits per heavy atom. The second-order valence-corrected chi connectivity index (χ2v) is 9.08. The molecule has 0 aliphatic heterocycles. The summed E-state index contributed by atoms with van der Waals surface area (Å²) in [6, 6.07) is 10.8. The molecule has 0 spiro atoms. The maximum Gasteiger partial charge on any atom is 0.338 e. The molecule has 0 N–H and O–H groups in total. The smallest absolute Gasteiger partial charge is 0.338 e. The average Bonchev–Trinajstić information content (AvgIpc) is 2.96. The molecule has 1 heterocycles. The summed E-state index contributed by atoms with van der Waals surface area (Å²) in [6.45, 7) is 2.04. The molecule has 7 nitrogen and oxygen atoms in total. The zero-order valence-corrected chi connectivity index (χ0v) is 17.1. The van der Waals surface area contributed by atoms with Gasteiger partial charge in [0.2, 0.25) is 0 Å². The van der Waals surface area contributed by atoms with Crippen LogP contribution < -0.4 is 4.80 Å². The van der Waals surface area contributed by atoms with E-state index in [1.165, 1.54) is 35.6 Å². The van der Waals surface area contributed by atoms with Gasteiger partial charge in [-0.1, -0.05) is 11.3 Å². The van der Waals surface area contributed by atoms with Crippen LogP contribution in [0.3, 0.4) is 0 Å². The van der Waals surface area contributed by atoms with Crippen molar-refractivity contribution in [3.63, 3.8) is 0 Å². The van der Waals surface area contributed by atoms with Crippen LogP contribution in [-0.2, 0) is 21.6 Å². The number of esters is 1. The Labute approximate surface area is 165 Å². The highest BCUT2D eigenvalue weighted by Crippen LogP contribution is 2.19. The van der Waals surface area contributed by atoms with Crippen LogP contribution in [0.25, 0.3) is 10.2 Å².